The number of benzene rings is 2. The highest BCUT2D eigenvalue weighted by molar-refractivity contribution is 14.0. The standard InChI is InChI=1S/C23H31F2N3O3.HI/c1-4-26-23(27-13-17-6-5-7-20(12-17)30-15-22(24)25)28-14-21(29)18-8-10-19(11-9-18)31-16(2)3;/h5-12,16,21-22,29H,4,13-15H2,1-3H3,(H2,26,27,28);1H. The van der Waals surface area contributed by atoms with Gasteiger partial charge in [0, 0.05) is 13.1 Å². The Hall–Kier alpha value is -2.14. The lowest BCUT2D eigenvalue weighted by Gasteiger charge is -2.16. The van der Waals surface area contributed by atoms with Crippen LogP contribution in [0.15, 0.2) is 53.5 Å². The van der Waals surface area contributed by atoms with Gasteiger partial charge >= 0.3 is 0 Å². The average Bonchev–Trinajstić information content (AvgIpc) is 2.74. The highest BCUT2D eigenvalue weighted by atomic mass is 127. The minimum Gasteiger partial charge on any atom is -0.491 e. The molecule has 2 aromatic rings. The van der Waals surface area contributed by atoms with Crippen LogP contribution < -0.4 is 20.1 Å². The fourth-order valence-electron chi connectivity index (χ4n) is 2.76. The van der Waals surface area contributed by atoms with Crippen LogP contribution in [0.3, 0.4) is 0 Å². The predicted octanol–water partition coefficient (Wildman–Crippen LogP) is 4.52. The summed E-state index contributed by atoms with van der Waals surface area (Å²) < 4.78 is 35.3. The molecule has 3 N–H and O–H groups in total. The average molecular weight is 563 g/mol. The molecule has 0 saturated carbocycles. The fourth-order valence-corrected chi connectivity index (χ4v) is 2.76. The summed E-state index contributed by atoms with van der Waals surface area (Å²) in [5.74, 6) is 1.68. The van der Waals surface area contributed by atoms with Crippen LogP contribution in [0, 0.1) is 0 Å². The predicted molar refractivity (Wildman–Crippen MR) is 133 cm³/mol. The summed E-state index contributed by atoms with van der Waals surface area (Å²) in [5.41, 5.74) is 1.59. The highest BCUT2D eigenvalue weighted by Gasteiger charge is 2.10. The Kier molecular flexibility index (Phi) is 12.9. The number of aliphatic hydroxyl groups excluding tert-OH is 1. The number of alkyl halides is 2. The van der Waals surface area contributed by atoms with Gasteiger partial charge in [-0.15, -0.1) is 24.0 Å². The van der Waals surface area contributed by atoms with E-state index in [9.17, 15) is 13.9 Å². The first-order valence-electron chi connectivity index (χ1n) is 10.3. The van der Waals surface area contributed by atoms with Gasteiger partial charge in [-0.2, -0.15) is 0 Å². The molecule has 0 aliphatic carbocycles. The zero-order chi connectivity index (χ0) is 22.6. The number of rotatable bonds is 11. The molecule has 178 valence electrons. The summed E-state index contributed by atoms with van der Waals surface area (Å²) in [6.45, 7) is 6.48. The van der Waals surface area contributed by atoms with Crippen LogP contribution in [0.25, 0.3) is 0 Å². The number of guanidine groups is 1. The van der Waals surface area contributed by atoms with Gasteiger partial charge in [0.15, 0.2) is 5.96 Å². The summed E-state index contributed by atoms with van der Waals surface area (Å²) in [6, 6.07) is 14.2. The Morgan fingerprint density at radius 2 is 1.78 bits per heavy atom. The zero-order valence-corrected chi connectivity index (χ0v) is 20.9. The topological polar surface area (TPSA) is 75.1 Å². The number of nitrogens with one attached hydrogen (secondary N) is 2. The van der Waals surface area contributed by atoms with Crippen LogP contribution in [0.5, 0.6) is 11.5 Å². The van der Waals surface area contributed by atoms with Crippen molar-refractivity contribution in [3.8, 4) is 11.5 Å². The van der Waals surface area contributed by atoms with Crippen LogP contribution >= 0.6 is 24.0 Å². The van der Waals surface area contributed by atoms with Gasteiger partial charge in [0.1, 0.15) is 18.1 Å². The van der Waals surface area contributed by atoms with Gasteiger partial charge in [-0.1, -0.05) is 24.3 Å². The molecule has 0 saturated heterocycles. The second kappa shape index (κ2) is 14.8. The van der Waals surface area contributed by atoms with Crippen molar-refractivity contribution in [2.45, 2.75) is 45.9 Å². The molecule has 9 heteroatoms. The molecule has 0 aliphatic heterocycles. The van der Waals surface area contributed by atoms with Crippen molar-refractivity contribution in [2.24, 2.45) is 4.99 Å². The third kappa shape index (κ3) is 10.4. The zero-order valence-electron chi connectivity index (χ0n) is 18.6. The van der Waals surface area contributed by atoms with Crippen LogP contribution in [0.4, 0.5) is 8.78 Å². The number of ether oxygens (including phenoxy) is 2. The van der Waals surface area contributed by atoms with Gasteiger partial charge in [0.05, 0.1) is 18.8 Å². The van der Waals surface area contributed by atoms with E-state index in [1.54, 1.807) is 18.2 Å². The summed E-state index contributed by atoms with van der Waals surface area (Å²) in [7, 11) is 0. The highest BCUT2D eigenvalue weighted by Crippen LogP contribution is 2.18. The van der Waals surface area contributed by atoms with Gasteiger partial charge in [0.25, 0.3) is 6.43 Å². The summed E-state index contributed by atoms with van der Waals surface area (Å²) >= 11 is 0. The molecule has 0 amide bonds. The molecule has 0 bridgehead atoms. The van der Waals surface area contributed by atoms with Gasteiger partial charge in [-0.3, -0.25) is 0 Å². The molecular weight excluding hydrogens is 531 g/mol. The smallest absolute Gasteiger partial charge is 0.272 e. The lowest BCUT2D eigenvalue weighted by atomic mass is 10.1. The molecule has 0 heterocycles. The molecule has 0 aliphatic rings. The lowest BCUT2D eigenvalue weighted by Crippen LogP contribution is -2.39. The summed E-state index contributed by atoms with van der Waals surface area (Å²) in [4.78, 5) is 4.49. The third-order valence-corrected chi connectivity index (χ3v) is 4.14. The molecule has 1 unspecified atom stereocenters. The molecule has 2 rings (SSSR count). The van der Waals surface area contributed by atoms with Crippen molar-refractivity contribution in [3.05, 3.63) is 59.7 Å². The van der Waals surface area contributed by atoms with Gasteiger partial charge in [-0.25, -0.2) is 13.8 Å². The monoisotopic (exact) mass is 563 g/mol. The van der Waals surface area contributed by atoms with E-state index < -0.39 is 19.1 Å². The number of hydrogen-bond acceptors (Lipinski definition) is 4. The Labute approximate surface area is 205 Å². The van der Waals surface area contributed by atoms with E-state index in [0.29, 0.717) is 24.8 Å². The Bertz CT molecular complexity index is 820. The summed E-state index contributed by atoms with van der Waals surface area (Å²) in [6.07, 6.45) is -3.15. The molecule has 1 atom stereocenters. The number of hydrogen-bond donors (Lipinski definition) is 3. The first kappa shape index (κ1) is 27.9. The third-order valence-electron chi connectivity index (χ3n) is 4.14. The number of halogens is 3. The van der Waals surface area contributed by atoms with E-state index in [1.165, 1.54) is 0 Å². The number of aliphatic hydroxyl groups is 1. The van der Waals surface area contributed by atoms with E-state index in [-0.39, 0.29) is 36.6 Å². The van der Waals surface area contributed by atoms with E-state index in [4.69, 9.17) is 9.47 Å². The Morgan fingerprint density at radius 3 is 2.41 bits per heavy atom. The van der Waals surface area contributed by atoms with E-state index >= 15 is 0 Å². The van der Waals surface area contributed by atoms with Crippen molar-refractivity contribution in [1.82, 2.24) is 10.6 Å². The van der Waals surface area contributed by atoms with Crippen LogP contribution in [0.1, 0.15) is 38.0 Å². The maximum absolute atomic E-state index is 12.3. The molecule has 0 aromatic heterocycles. The van der Waals surface area contributed by atoms with Gasteiger partial charge < -0.3 is 25.2 Å². The second-order valence-electron chi connectivity index (χ2n) is 7.18. The Balaban J connectivity index is 0.00000512. The molecule has 6 nitrogen and oxygen atoms in total. The SMILES string of the molecule is CCNC(=NCc1cccc(OCC(F)F)c1)NCC(O)c1ccc(OC(C)C)cc1.I. The first-order chi connectivity index (χ1) is 14.9. The lowest BCUT2D eigenvalue weighted by molar-refractivity contribution is 0.0818. The molecular formula is C23H32F2IN3O3. The quantitative estimate of drug-likeness (QED) is 0.213. The molecule has 32 heavy (non-hydrogen) atoms. The minimum atomic E-state index is -2.52. The van der Waals surface area contributed by atoms with E-state index in [2.05, 4.69) is 15.6 Å². The van der Waals surface area contributed by atoms with Crippen LogP contribution in [-0.2, 0) is 6.54 Å². The van der Waals surface area contributed by atoms with Gasteiger partial charge in [0.2, 0.25) is 0 Å². The van der Waals surface area contributed by atoms with E-state index in [1.807, 2.05) is 51.1 Å². The number of aliphatic imine (C=N–C) groups is 1. The van der Waals surface area contributed by atoms with E-state index in [0.717, 1.165) is 16.9 Å². The molecule has 0 radical (unpaired) electrons. The second-order valence-corrected chi connectivity index (χ2v) is 7.18. The van der Waals surface area contributed by atoms with Crippen LogP contribution in [0.2, 0.25) is 0 Å². The van der Waals surface area contributed by atoms with Crippen molar-refractivity contribution in [1.29, 1.82) is 0 Å². The summed E-state index contributed by atoms with van der Waals surface area (Å²) in [5, 5.41) is 16.7. The van der Waals surface area contributed by atoms with Crippen LogP contribution in [-0.4, -0.2) is 43.3 Å². The fraction of sp³-hybridized carbons (Fsp3) is 0.435. The van der Waals surface area contributed by atoms with Crippen molar-refractivity contribution in [2.75, 3.05) is 19.7 Å². The Morgan fingerprint density at radius 1 is 1.06 bits per heavy atom. The minimum absolute atomic E-state index is 0. The van der Waals surface area contributed by atoms with Crippen molar-refractivity contribution >= 4 is 29.9 Å². The maximum Gasteiger partial charge on any atom is 0.272 e. The largest absolute Gasteiger partial charge is 0.491 e. The molecule has 2 aromatic carbocycles. The van der Waals surface area contributed by atoms with Crippen molar-refractivity contribution < 1.29 is 23.4 Å². The normalized spacial score (nSPS) is 12.3. The maximum atomic E-state index is 12.3. The first-order valence-corrected chi connectivity index (χ1v) is 10.3. The van der Waals surface area contributed by atoms with Gasteiger partial charge in [-0.05, 0) is 56.2 Å². The number of nitrogens with zero attached hydrogens (tertiary/aromatic N) is 1. The van der Waals surface area contributed by atoms with Crippen molar-refractivity contribution in [3.63, 3.8) is 0 Å². The molecule has 0 spiro atoms. The molecule has 0 fully saturated rings.